The van der Waals surface area contributed by atoms with Crippen molar-refractivity contribution in [1.82, 2.24) is 4.90 Å². The number of rotatable bonds is 4. The van der Waals surface area contributed by atoms with Gasteiger partial charge in [-0.2, -0.15) is 0 Å². The zero-order valence-electron chi connectivity index (χ0n) is 14.9. The Labute approximate surface area is 163 Å². The molecule has 0 radical (unpaired) electrons. The fourth-order valence-corrected chi connectivity index (χ4v) is 4.08. The number of nitrogens with zero attached hydrogens (tertiary/aromatic N) is 1. The number of phenolic OH excluding ortho intramolecular Hbond substituents is 1. The van der Waals surface area contributed by atoms with Crippen LogP contribution in [0.15, 0.2) is 36.4 Å². The Hall–Kier alpha value is -1.85. The molecule has 6 heteroatoms. The van der Waals surface area contributed by atoms with Crippen LogP contribution >= 0.6 is 23.4 Å². The molecule has 0 bridgehead atoms. The van der Waals surface area contributed by atoms with Gasteiger partial charge in [-0.15, -0.1) is 11.8 Å². The van der Waals surface area contributed by atoms with Crippen molar-refractivity contribution >= 4 is 29.3 Å². The topological polar surface area (TPSA) is 49.8 Å². The number of thioether (sulfide) groups is 1. The van der Waals surface area contributed by atoms with Gasteiger partial charge in [0.2, 0.25) is 5.91 Å². The number of phenols is 1. The summed E-state index contributed by atoms with van der Waals surface area (Å²) in [6.07, 6.45) is 0. The number of benzene rings is 2. The van der Waals surface area contributed by atoms with Crippen LogP contribution in [0.1, 0.15) is 19.4 Å². The predicted octanol–water partition coefficient (Wildman–Crippen LogP) is 4.58. The standard InChI is InChI=1S/C20H22ClNO3S/c1-3-26-13(2)20(24)22-7-8-25-19-16(12-22)9-15(11-18(19)23)14-5-4-6-17(21)10-14/h4-6,9-11,13,23H,3,7-8,12H2,1-2H3. The highest BCUT2D eigenvalue weighted by molar-refractivity contribution is 8.00. The molecule has 1 N–H and O–H groups in total. The maximum atomic E-state index is 12.7. The van der Waals surface area contributed by atoms with Crippen molar-refractivity contribution in [3.8, 4) is 22.6 Å². The van der Waals surface area contributed by atoms with Crippen LogP contribution in [0.25, 0.3) is 11.1 Å². The molecule has 1 atom stereocenters. The van der Waals surface area contributed by atoms with Crippen LogP contribution in [0.3, 0.4) is 0 Å². The lowest BCUT2D eigenvalue weighted by molar-refractivity contribution is -0.131. The summed E-state index contributed by atoms with van der Waals surface area (Å²) in [6, 6.07) is 11.1. The first-order valence-corrected chi connectivity index (χ1v) is 10.1. The van der Waals surface area contributed by atoms with Crippen LogP contribution < -0.4 is 4.74 Å². The Morgan fingerprint density at radius 2 is 2.15 bits per heavy atom. The van der Waals surface area contributed by atoms with E-state index in [1.54, 1.807) is 22.7 Å². The molecule has 0 saturated carbocycles. The van der Waals surface area contributed by atoms with E-state index in [0.29, 0.717) is 30.5 Å². The molecular weight excluding hydrogens is 370 g/mol. The number of hydrogen-bond acceptors (Lipinski definition) is 4. The van der Waals surface area contributed by atoms with Gasteiger partial charge >= 0.3 is 0 Å². The van der Waals surface area contributed by atoms with E-state index < -0.39 is 0 Å². The number of carbonyl (C=O) groups is 1. The summed E-state index contributed by atoms with van der Waals surface area (Å²) in [6.45, 7) is 5.28. The van der Waals surface area contributed by atoms with Crippen molar-refractivity contribution in [2.24, 2.45) is 0 Å². The molecule has 0 saturated heterocycles. The SMILES string of the molecule is CCSC(C)C(=O)N1CCOc2c(O)cc(-c3cccc(Cl)c3)cc2C1. The van der Waals surface area contributed by atoms with Crippen LogP contribution in [0.5, 0.6) is 11.5 Å². The quantitative estimate of drug-likeness (QED) is 0.829. The van der Waals surface area contributed by atoms with Gasteiger partial charge in [0.25, 0.3) is 0 Å². The summed E-state index contributed by atoms with van der Waals surface area (Å²) < 4.78 is 5.74. The molecule has 0 fully saturated rings. The van der Waals surface area contributed by atoms with E-state index in [1.165, 1.54) is 0 Å². The highest BCUT2D eigenvalue weighted by Crippen LogP contribution is 2.38. The number of amides is 1. The van der Waals surface area contributed by atoms with E-state index in [2.05, 4.69) is 0 Å². The highest BCUT2D eigenvalue weighted by Gasteiger charge is 2.25. The molecule has 1 aliphatic rings. The normalized spacial score (nSPS) is 15.0. The van der Waals surface area contributed by atoms with E-state index in [0.717, 1.165) is 22.4 Å². The van der Waals surface area contributed by atoms with Gasteiger partial charge in [-0.1, -0.05) is 30.7 Å². The van der Waals surface area contributed by atoms with E-state index in [1.807, 2.05) is 44.2 Å². The number of carbonyl (C=O) groups excluding carboxylic acids is 1. The van der Waals surface area contributed by atoms with Crippen LogP contribution in [0.4, 0.5) is 0 Å². The molecule has 1 aliphatic heterocycles. The first kappa shape index (κ1) is 18.9. The molecule has 2 aromatic carbocycles. The minimum absolute atomic E-state index is 0.0859. The van der Waals surface area contributed by atoms with E-state index >= 15 is 0 Å². The summed E-state index contributed by atoms with van der Waals surface area (Å²) in [4.78, 5) is 14.5. The maximum absolute atomic E-state index is 12.7. The van der Waals surface area contributed by atoms with E-state index in [4.69, 9.17) is 16.3 Å². The minimum Gasteiger partial charge on any atom is -0.504 e. The fourth-order valence-electron chi connectivity index (χ4n) is 3.10. The summed E-state index contributed by atoms with van der Waals surface area (Å²) in [7, 11) is 0. The third-order valence-electron chi connectivity index (χ3n) is 4.35. The molecule has 0 spiro atoms. The molecule has 2 aromatic rings. The Kier molecular flexibility index (Phi) is 5.99. The molecule has 0 aliphatic carbocycles. The highest BCUT2D eigenvalue weighted by atomic mass is 35.5. The lowest BCUT2D eigenvalue weighted by Gasteiger charge is -2.23. The number of halogens is 1. The van der Waals surface area contributed by atoms with E-state index in [9.17, 15) is 9.90 Å². The van der Waals surface area contributed by atoms with Gasteiger partial charge in [0.15, 0.2) is 11.5 Å². The van der Waals surface area contributed by atoms with Crippen molar-refractivity contribution in [1.29, 1.82) is 0 Å². The molecule has 1 unspecified atom stereocenters. The van der Waals surface area contributed by atoms with Gasteiger partial charge in [0.1, 0.15) is 6.61 Å². The largest absolute Gasteiger partial charge is 0.504 e. The summed E-state index contributed by atoms with van der Waals surface area (Å²) >= 11 is 7.72. The van der Waals surface area contributed by atoms with Crippen molar-refractivity contribution in [3.05, 3.63) is 47.0 Å². The lowest BCUT2D eigenvalue weighted by Crippen LogP contribution is -2.37. The summed E-state index contributed by atoms with van der Waals surface area (Å²) in [5.74, 6) is 1.54. The van der Waals surface area contributed by atoms with Crippen molar-refractivity contribution in [2.75, 3.05) is 18.9 Å². The Morgan fingerprint density at radius 3 is 2.88 bits per heavy atom. The number of aromatic hydroxyl groups is 1. The number of fused-ring (bicyclic) bond motifs is 1. The Balaban J connectivity index is 1.93. The third-order valence-corrected chi connectivity index (χ3v) is 5.62. The Morgan fingerprint density at radius 1 is 1.35 bits per heavy atom. The van der Waals surface area contributed by atoms with Gasteiger partial charge in [-0.05, 0) is 48.1 Å². The molecule has 26 heavy (non-hydrogen) atoms. The average molecular weight is 392 g/mol. The molecular formula is C20H22ClNO3S. The first-order chi connectivity index (χ1) is 12.5. The molecule has 1 amide bonds. The zero-order chi connectivity index (χ0) is 18.7. The minimum atomic E-state index is -0.0914. The predicted molar refractivity (Wildman–Crippen MR) is 107 cm³/mol. The third kappa shape index (κ3) is 4.10. The second-order valence-corrected chi connectivity index (χ2v) is 8.25. The van der Waals surface area contributed by atoms with Crippen LogP contribution in [-0.4, -0.2) is 40.1 Å². The first-order valence-electron chi connectivity index (χ1n) is 8.64. The van der Waals surface area contributed by atoms with E-state index in [-0.39, 0.29) is 16.9 Å². The number of ether oxygens (including phenoxy) is 1. The molecule has 0 aromatic heterocycles. The molecule has 3 rings (SSSR count). The van der Waals surface area contributed by atoms with Gasteiger partial charge < -0.3 is 14.7 Å². The monoisotopic (exact) mass is 391 g/mol. The molecule has 138 valence electrons. The fraction of sp³-hybridized carbons (Fsp3) is 0.350. The van der Waals surface area contributed by atoms with Crippen molar-refractivity contribution < 1.29 is 14.6 Å². The van der Waals surface area contributed by atoms with Crippen LogP contribution in [0, 0.1) is 0 Å². The Bertz CT molecular complexity index is 812. The number of hydrogen-bond donors (Lipinski definition) is 1. The average Bonchev–Trinajstić information content (AvgIpc) is 2.84. The zero-order valence-corrected chi connectivity index (χ0v) is 16.4. The summed E-state index contributed by atoms with van der Waals surface area (Å²) in [5, 5.41) is 11.0. The molecule has 1 heterocycles. The van der Waals surface area contributed by atoms with Crippen molar-refractivity contribution in [3.63, 3.8) is 0 Å². The smallest absolute Gasteiger partial charge is 0.235 e. The van der Waals surface area contributed by atoms with Crippen LogP contribution in [-0.2, 0) is 11.3 Å². The van der Waals surface area contributed by atoms with Crippen LogP contribution in [0.2, 0.25) is 5.02 Å². The van der Waals surface area contributed by atoms with Gasteiger partial charge in [-0.25, -0.2) is 0 Å². The van der Waals surface area contributed by atoms with Gasteiger partial charge in [-0.3, -0.25) is 4.79 Å². The van der Waals surface area contributed by atoms with Gasteiger partial charge in [0.05, 0.1) is 11.8 Å². The second kappa shape index (κ2) is 8.23. The van der Waals surface area contributed by atoms with Crippen molar-refractivity contribution in [2.45, 2.75) is 25.6 Å². The molecule has 4 nitrogen and oxygen atoms in total. The van der Waals surface area contributed by atoms with Gasteiger partial charge in [0, 0.05) is 17.1 Å². The maximum Gasteiger partial charge on any atom is 0.235 e. The summed E-state index contributed by atoms with van der Waals surface area (Å²) in [5.41, 5.74) is 2.56. The second-order valence-electron chi connectivity index (χ2n) is 6.20. The lowest BCUT2D eigenvalue weighted by atomic mass is 10.0.